The molecule has 0 aliphatic heterocycles. The van der Waals surface area contributed by atoms with Crippen LogP contribution in [0.4, 0.5) is 0 Å². The SMILES string of the molecule is CC(C)N(CC(=O)O)Cc1ncc(-c2ccccc2Br)o1. The number of hydrogen-bond donors (Lipinski definition) is 1. The lowest BCUT2D eigenvalue weighted by Gasteiger charge is -2.22. The summed E-state index contributed by atoms with van der Waals surface area (Å²) >= 11 is 3.47. The third-order valence-corrected chi connectivity index (χ3v) is 3.79. The fourth-order valence-electron chi connectivity index (χ4n) is 1.94. The summed E-state index contributed by atoms with van der Waals surface area (Å²) in [5, 5.41) is 8.93. The molecular weight excluding hydrogens is 336 g/mol. The van der Waals surface area contributed by atoms with Gasteiger partial charge in [0.2, 0.25) is 5.89 Å². The summed E-state index contributed by atoms with van der Waals surface area (Å²) in [6, 6.07) is 7.82. The van der Waals surface area contributed by atoms with Crippen LogP contribution >= 0.6 is 15.9 Å². The van der Waals surface area contributed by atoms with E-state index in [2.05, 4.69) is 20.9 Å². The minimum Gasteiger partial charge on any atom is -0.480 e. The molecule has 0 aliphatic rings. The highest BCUT2D eigenvalue weighted by atomic mass is 79.9. The van der Waals surface area contributed by atoms with Crippen molar-refractivity contribution < 1.29 is 14.3 Å². The van der Waals surface area contributed by atoms with Crippen LogP contribution in [-0.2, 0) is 11.3 Å². The summed E-state index contributed by atoms with van der Waals surface area (Å²) in [5.41, 5.74) is 0.922. The Bertz CT molecular complexity index is 625. The zero-order valence-electron chi connectivity index (χ0n) is 11.9. The number of halogens is 1. The summed E-state index contributed by atoms with van der Waals surface area (Å²) in [6.07, 6.45) is 1.66. The molecule has 0 saturated carbocycles. The number of hydrogen-bond acceptors (Lipinski definition) is 4. The number of nitrogens with zero attached hydrogens (tertiary/aromatic N) is 2. The Morgan fingerprint density at radius 1 is 1.43 bits per heavy atom. The van der Waals surface area contributed by atoms with Crippen LogP contribution in [0.2, 0.25) is 0 Å². The molecule has 0 fully saturated rings. The average Bonchev–Trinajstić information content (AvgIpc) is 2.86. The van der Waals surface area contributed by atoms with Crippen LogP contribution in [0.25, 0.3) is 11.3 Å². The molecule has 5 nitrogen and oxygen atoms in total. The molecule has 0 saturated heterocycles. The Kier molecular flexibility index (Phi) is 5.14. The van der Waals surface area contributed by atoms with Gasteiger partial charge in [0.05, 0.1) is 19.3 Å². The van der Waals surface area contributed by atoms with Crippen LogP contribution in [0.1, 0.15) is 19.7 Å². The van der Waals surface area contributed by atoms with Crippen molar-refractivity contribution in [1.29, 1.82) is 0 Å². The first-order valence-electron chi connectivity index (χ1n) is 6.63. The van der Waals surface area contributed by atoms with Crippen molar-refractivity contribution in [2.75, 3.05) is 6.54 Å². The van der Waals surface area contributed by atoms with E-state index in [1.807, 2.05) is 38.1 Å². The van der Waals surface area contributed by atoms with Crippen molar-refractivity contribution in [1.82, 2.24) is 9.88 Å². The Morgan fingerprint density at radius 3 is 2.76 bits per heavy atom. The van der Waals surface area contributed by atoms with Crippen molar-refractivity contribution in [3.05, 3.63) is 40.8 Å². The van der Waals surface area contributed by atoms with E-state index in [1.54, 1.807) is 11.1 Å². The molecule has 2 aromatic rings. The monoisotopic (exact) mass is 352 g/mol. The average molecular weight is 353 g/mol. The number of benzene rings is 1. The predicted molar refractivity (Wildman–Crippen MR) is 82.8 cm³/mol. The molecule has 1 heterocycles. The molecule has 112 valence electrons. The fourth-order valence-corrected chi connectivity index (χ4v) is 2.42. The van der Waals surface area contributed by atoms with Gasteiger partial charge in [0.15, 0.2) is 5.76 Å². The molecule has 0 aliphatic carbocycles. The van der Waals surface area contributed by atoms with Crippen molar-refractivity contribution in [2.24, 2.45) is 0 Å². The smallest absolute Gasteiger partial charge is 0.317 e. The molecule has 1 aromatic carbocycles. The van der Waals surface area contributed by atoms with E-state index in [4.69, 9.17) is 9.52 Å². The van der Waals surface area contributed by atoms with Gasteiger partial charge in [0.25, 0.3) is 0 Å². The second-order valence-electron chi connectivity index (χ2n) is 4.99. The molecule has 1 N–H and O–H groups in total. The summed E-state index contributed by atoms with van der Waals surface area (Å²) in [6.45, 7) is 4.22. The Morgan fingerprint density at radius 2 is 2.14 bits per heavy atom. The lowest BCUT2D eigenvalue weighted by Crippen LogP contribution is -2.35. The maximum atomic E-state index is 10.9. The summed E-state index contributed by atoms with van der Waals surface area (Å²) < 4.78 is 6.67. The first-order valence-corrected chi connectivity index (χ1v) is 7.42. The Balaban J connectivity index is 2.16. The molecule has 0 unspecified atom stereocenters. The van der Waals surface area contributed by atoms with E-state index in [1.165, 1.54) is 0 Å². The number of carboxylic acids is 1. The predicted octanol–water partition coefficient (Wildman–Crippen LogP) is 3.40. The standard InChI is InChI=1S/C15H17BrN2O3/c1-10(2)18(9-15(19)20)8-14-17-7-13(21-14)11-5-3-4-6-12(11)16/h3-7,10H,8-9H2,1-2H3,(H,19,20). The van der Waals surface area contributed by atoms with Gasteiger partial charge in [0.1, 0.15) is 0 Å². The summed E-state index contributed by atoms with van der Waals surface area (Å²) in [4.78, 5) is 16.9. The van der Waals surface area contributed by atoms with E-state index >= 15 is 0 Å². The van der Waals surface area contributed by atoms with Crippen molar-refractivity contribution in [3.63, 3.8) is 0 Å². The molecule has 2 rings (SSSR count). The topological polar surface area (TPSA) is 66.6 Å². The lowest BCUT2D eigenvalue weighted by atomic mass is 10.2. The van der Waals surface area contributed by atoms with E-state index < -0.39 is 5.97 Å². The van der Waals surface area contributed by atoms with Gasteiger partial charge in [0, 0.05) is 16.1 Å². The number of rotatable bonds is 6. The molecule has 0 bridgehead atoms. The van der Waals surface area contributed by atoms with E-state index in [0.717, 1.165) is 10.0 Å². The molecule has 0 amide bonds. The normalized spacial score (nSPS) is 11.3. The lowest BCUT2D eigenvalue weighted by molar-refractivity contribution is -0.139. The Hall–Kier alpha value is -1.66. The van der Waals surface area contributed by atoms with Crippen LogP contribution in [-0.4, -0.2) is 33.5 Å². The zero-order chi connectivity index (χ0) is 15.4. The number of carboxylic acid groups (broad SMARTS) is 1. The highest BCUT2D eigenvalue weighted by Gasteiger charge is 2.17. The molecule has 6 heteroatoms. The number of oxazole rings is 1. The molecule has 0 atom stereocenters. The minimum absolute atomic E-state index is 0.0373. The second-order valence-corrected chi connectivity index (χ2v) is 5.84. The minimum atomic E-state index is -0.860. The van der Waals surface area contributed by atoms with Gasteiger partial charge in [-0.3, -0.25) is 9.69 Å². The van der Waals surface area contributed by atoms with E-state index in [9.17, 15) is 4.79 Å². The van der Waals surface area contributed by atoms with Crippen LogP contribution in [0.5, 0.6) is 0 Å². The van der Waals surface area contributed by atoms with Gasteiger partial charge in [-0.15, -0.1) is 0 Å². The van der Waals surface area contributed by atoms with Gasteiger partial charge in [-0.25, -0.2) is 4.98 Å². The first kappa shape index (κ1) is 15.7. The number of aromatic nitrogens is 1. The van der Waals surface area contributed by atoms with E-state index in [0.29, 0.717) is 18.2 Å². The zero-order valence-corrected chi connectivity index (χ0v) is 13.5. The van der Waals surface area contributed by atoms with Gasteiger partial charge in [-0.1, -0.05) is 34.1 Å². The number of aliphatic carboxylic acids is 1. The maximum Gasteiger partial charge on any atom is 0.317 e. The summed E-state index contributed by atoms with van der Waals surface area (Å²) in [7, 11) is 0. The Labute approximate surface area is 131 Å². The molecule has 0 radical (unpaired) electrons. The van der Waals surface area contributed by atoms with E-state index in [-0.39, 0.29) is 12.6 Å². The van der Waals surface area contributed by atoms with Crippen LogP contribution in [0.3, 0.4) is 0 Å². The van der Waals surface area contributed by atoms with Crippen molar-refractivity contribution in [3.8, 4) is 11.3 Å². The molecular formula is C15H17BrN2O3. The van der Waals surface area contributed by atoms with Crippen molar-refractivity contribution in [2.45, 2.75) is 26.4 Å². The highest BCUT2D eigenvalue weighted by molar-refractivity contribution is 9.10. The first-order chi connectivity index (χ1) is 9.97. The van der Waals surface area contributed by atoms with Crippen LogP contribution < -0.4 is 0 Å². The quantitative estimate of drug-likeness (QED) is 0.862. The third-order valence-electron chi connectivity index (χ3n) is 3.10. The van der Waals surface area contributed by atoms with Gasteiger partial charge < -0.3 is 9.52 Å². The largest absolute Gasteiger partial charge is 0.480 e. The number of carbonyl (C=O) groups is 1. The molecule has 1 aromatic heterocycles. The van der Waals surface area contributed by atoms with Crippen molar-refractivity contribution >= 4 is 21.9 Å². The van der Waals surface area contributed by atoms with Gasteiger partial charge in [-0.2, -0.15) is 0 Å². The fraction of sp³-hybridized carbons (Fsp3) is 0.333. The van der Waals surface area contributed by atoms with Gasteiger partial charge in [-0.05, 0) is 19.9 Å². The third kappa shape index (κ3) is 4.15. The van der Waals surface area contributed by atoms with Crippen LogP contribution in [0.15, 0.2) is 39.4 Å². The second kappa shape index (κ2) is 6.87. The van der Waals surface area contributed by atoms with Gasteiger partial charge >= 0.3 is 5.97 Å². The maximum absolute atomic E-state index is 10.9. The van der Waals surface area contributed by atoms with Crippen LogP contribution in [0, 0.1) is 0 Å². The molecule has 0 spiro atoms. The highest BCUT2D eigenvalue weighted by Crippen LogP contribution is 2.28. The summed E-state index contributed by atoms with van der Waals surface area (Å²) in [5.74, 6) is 0.313. The molecule has 21 heavy (non-hydrogen) atoms.